The Hall–Kier alpha value is 0.660. The summed E-state index contributed by atoms with van der Waals surface area (Å²) in [6, 6.07) is 0. The van der Waals surface area contributed by atoms with Crippen LogP contribution in [-0.2, 0) is 0 Å². The first kappa shape index (κ1) is 10.7. The highest BCUT2D eigenvalue weighted by molar-refractivity contribution is 8.76. The van der Waals surface area contributed by atoms with E-state index in [9.17, 15) is 0 Å². The quantitative estimate of drug-likeness (QED) is 0.657. The Morgan fingerprint density at radius 2 is 2.00 bits per heavy atom. The van der Waals surface area contributed by atoms with Crippen molar-refractivity contribution in [2.45, 2.75) is 31.4 Å². The smallest absolute Gasteiger partial charge is 0.0431 e. The second-order valence-corrected chi connectivity index (χ2v) is 5.94. The molecule has 0 bridgehead atoms. The van der Waals surface area contributed by atoms with Crippen LogP contribution >= 0.6 is 21.6 Å². The molecule has 0 rings (SSSR count). The van der Waals surface area contributed by atoms with Crippen LogP contribution in [0.2, 0.25) is 0 Å². The molecule has 0 amide bonds. The molecule has 0 unspecified atom stereocenters. The van der Waals surface area contributed by atoms with Crippen molar-refractivity contribution in [1.29, 1.82) is 0 Å². The lowest BCUT2D eigenvalue weighted by atomic mass is 10.1. The molecule has 0 saturated heterocycles. The number of aliphatic hydroxyl groups is 1. The molecule has 0 radical (unpaired) electrons. The molecule has 62 valence electrons. The van der Waals surface area contributed by atoms with E-state index in [2.05, 4.69) is 20.1 Å². The van der Waals surface area contributed by atoms with Crippen LogP contribution in [0.3, 0.4) is 0 Å². The molecule has 1 N–H and O–H groups in total. The molecule has 0 aliphatic rings. The highest BCUT2D eigenvalue weighted by Crippen LogP contribution is 2.36. The van der Waals surface area contributed by atoms with Crippen LogP contribution < -0.4 is 0 Å². The maximum absolute atomic E-state index is 8.58. The Kier molecular flexibility index (Phi) is 5.68. The van der Waals surface area contributed by atoms with Crippen LogP contribution in [0.15, 0.2) is 0 Å². The monoisotopic (exact) mass is 180 g/mol. The zero-order chi connectivity index (χ0) is 8.04. The van der Waals surface area contributed by atoms with Gasteiger partial charge in [0, 0.05) is 11.4 Å². The summed E-state index contributed by atoms with van der Waals surface area (Å²) < 4.78 is 0.322. The lowest BCUT2D eigenvalue weighted by Crippen LogP contribution is -2.13. The molecule has 10 heavy (non-hydrogen) atoms. The number of aliphatic hydroxyl groups excluding tert-OH is 1. The van der Waals surface area contributed by atoms with Crippen molar-refractivity contribution in [3.05, 3.63) is 0 Å². The standard InChI is InChI=1S/C7H16OS2/c1-7(2,10-9-3)5-4-6-8/h8H,4-6H2,1-3H3. The predicted octanol–water partition coefficient (Wildman–Crippen LogP) is 2.55. The Labute approximate surface area is 71.4 Å². The third kappa shape index (κ3) is 5.45. The first-order valence-corrected chi connectivity index (χ1v) is 6.01. The van der Waals surface area contributed by atoms with Crippen LogP contribution in [0.4, 0.5) is 0 Å². The molecule has 0 aliphatic carbocycles. The summed E-state index contributed by atoms with van der Waals surface area (Å²) in [6.07, 6.45) is 4.10. The Morgan fingerprint density at radius 3 is 2.40 bits per heavy atom. The van der Waals surface area contributed by atoms with Crippen LogP contribution in [-0.4, -0.2) is 22.7 Å². The van der Waals surface area contributed by atoms with Gasteiger partial charge in [-0.05, 0) is 32.9 Å². The number of hydrogen-bond donors (Lipinski definition) is 1. The summed E-state index contributed by atoms with van der Waals surface area (Å²) in [7, 11) is 3.67. The summed E-state index contributed by atoms with van der Waals surface area (Å²) in [4.78, 5) is 0. The first-order chi connectivity index (χ1) is 4.62. The van der Waals surface area contributed by atoms with Gasteiger partial charge >= 0.3 is 0 Å². The van der Waals surface area contributed by atoms with Crippen molar-refractivity contribution < 1.29 is 5.11 Å². The van der Waals surface area contributed by atoms with Gasteiger partial charge in [-0.2, -0.15) is 0 Å². The van der Waals surface area contributed by atoms with Crippen LogP contribution in [0.5, 0.6) is 0 Å². The normalized spacial score (nSPS) is 12.0. The maximum atomic E-state index is 8.58. The topological polar surface area (TPSA) is 20.2 Å². The van der Waals surface area contributed by atoms with Gasteiger partial charge in [-0.3, -0.25) is 0 Å². The van der Waals surface area contributed by atoms with Crippen LogP contribution in [0.25, 0.3) is 0 Å². The fraction of sp³-hybridized carbons (Fsp3) is 1.00. The minimum atomic E-state index is 0.318. The lowest BCUT2D eigenvalue weighted by Gasteiger charge is -2.21. The van der Waals surface area contributed by atoms with E-state index in [1.165, 1.54) is 0 Å². The summed E-state index contributed by atoms with van der Waals surface area (Å²) in [6.45, 7) is 4.74. The fourth-order valence-electron chi connectivity index (χ4n) is 0.772. The molecule has 0 saturated carbocycles. The van der Waals surface area contributed by atoms with Crippen LogP contribution in [0.1, 0.15) is 26.7 Å². The van der Waals surface area contributed by atoms with Crippen molar-refractivity contribution in [3.63, 3.8) is 0 Å². The second-order valence-electron chi connectivity index (χ2n) is 2.84. The van der Waals surface area contributed by atoms with Crippen LogP contribution in [0, 0.1) is 0 Å². The van der Waals surface area contributed by atoms with E-state index in [0.29, 0.717) is 11.4 Å². The molecule has 0 aromatic carbocycles. The van der Waals surface area contributed by atoms with Gasteiger partial charge in [-0.15, -0.1) is 0 Å². The molecule has 0 aromatic rings. The largest absolute Gasteiger partial charge is 0.396 e. The van der Waals surface area contributed by atoms with E-state index >= 15 is 0 Å². The average molecular weight is 180 g/mol. The molecular formula is C7H16OS2. The molecule has 0 heterocycles. The second kappa shape index (κ2) is 5.33. The maximum Gasteiger partial charge on any atom is 0.0431 e. The zero-order valence-electron chi connectivity index (χ0n) is 6.89. The van der Waals surface area contributed by atoms with E-state index in [0.717, 1.165) is 12.8 Å². The van der Waals surface area contributed by atoms with Gasteiger partial charge in [-0.25, -0.2) is 0 Å². The van der Waals surface area contributed by atoms with Gasteiger partial charge in [0.05, 0.1) is 0 Å². The van der Waals surface area contributed by atoms with Crippen molar-refractivity contribution in [1.82, 2.24) is 0 Å². The van der Waals surface area contributed by atoms with E-state index in [1.54, 1.807) is 10.8 Å². The summed E-state index contributed by atoms with van der Waals surface area (Å²) in [5.74, 6) is 0. The van der Waals surface area contributed by atoms with Gasteiger partial charge in [0.25, 0.3) is 0 Å². The van der Waals surface area contributed by atoms with E-state index in [-0.39, 0.29) is 0 Å². The number of hydrogen-bond acceptors (Lipinski definition) is 3. The van der Waals surface area contributed by atoms with Gasteiger partial charge in [0.2, 0.25) is 0 Å². The summed E-state index contributed by atoms with van der Waals surface area (Å²) in [5.41, 5.74) is 0. The minimum Gasteiger partial charge on any atom is -0.396 e. The van der Waals surface area contributed by atoms with Gasteiger partial charge in [-0.1, -0.05) is 21.6 Å². The number of rotatable bonds is 5. The van der Waals surface area contributed by atoms with Crippen molar-refractivity contribution in [3.8, 4) is 0 Å². The Balaban J connectivity index is 3.42. The third-order valence-corrected chi connectivity index (χ3v) is 3.92. The van der Waals surface area contributed by atoms with Crippen molar-refractivity contribution in [2.24, 2.45) is 0 Å². The highest BCUT2D eigenvalue weighted by Gasteiger charge is 2.16. The van der Waals surface area contributed by atoms with E-state index in [1.807, 2.05) is 10.8 Å². The molecule has 0 spiro atoms. The minimum absolute atomic E-state index is 0.318. The van der Waals surface area contributed by atoms with Gasteiger partial charge in [0.1, 0.15) is 0 Å². The van der Waals surface area contributed by atoms with Gasteiger partial charge in [0.15, 0.2) is 0 Å². The molecule has 1 nitrogen and oxygen atoms in total. The molecule has 0 aliphatic heterocycles. The highest BCUT2D eigenvalue weighted by atomic mass is 33.1. The lowest BCUT2D eigenvalue weighted by molar-refractivity contribution is 0.279. The zero-order valence-corrected chi connectivity index (χ0v) is 8.52. The first-order valence-electron chi connectivity index (χ1n) is 3.45. The van der Waals surface area contributed by atoms with E-state index < -0.39 is 0 Å². The average Bonchev–Trinajstić information content (AvgIpc) is 1.84. The molecular weight excluding hydrogens is 164 g/mol. The molecule has 0 atom stereocenters. The summed E-state index contributed by atoms with van der Waals surface area (Å²) >= 11 is 0. The van der Waals surface area contributed by atoms with Crippen molar-refractivity contribution >= 4 is 21.6 Å². The Bertz CT molecular complexity index is 83.7. The van der Waals surface area contributed by atoms with Crippen molar-refractivity contribution in [2.75, 3.05) is 12.9 Å². The molecule has 0 fully saturated rings. The SMILES string of the molecule is CSSC(C)(C)CCCO. The molecule has 0 aromatic heterocycles. The summed E-state index contributed by atoms with van der Waals surface area (Å²) in [5, 5.41) is 8.58. The van der Waals surface area contributed by atoms with Gasteiger partial charge < -0.3 is 5.11 Å². The van der Waals surface area contributed by atoms with E-state index in [4.69, 9.17) is 5.11 Å². The fourth-order valence-corrected chi connectivity index (χ4v) is 3.05. The third-order valence-electron chi connectivity index (χ3n) is 1.25. The Morgan fingerprint density at radius 1 is 1.40 bits per heavy atom. The molecule has 3 heteroatoms. The predicted molar refractivity (Wildman–Crippen MR) is 51.5 cm³/mol.